The first kappa shape index (κ1) is 18.7. The number of nitrogens with zero attached hydrogens (tertiary/aromatic N) is 3. The minimum absolute atomic E-state index is 0. The van der Waals surface area contributed by atoms with Crippen LogP contribution in [0.4, 0.5) is 5.69 Å². The highest BCUT2D eigenvalue weighted by molar-refractivity contribution is 14.0. The molecule has 0 amide bonds. The highest BCUT2D eigenvalue weighted by Crippen LogP contribution is 2.27. The number of nitrogens with one attached hydrogen (secondary N) is 1. The summed E-state index contributed by atoms with van der Waals surface area (Å²) >= 11 is 0. The molecule has 0 fully saturated rings. The number of aryl methyl sites for hydroxylation is 1. The van der Waals surface area contributed by atoms with Crippen molar-refractivity contribution in [2.45, 2.75) is 32.1 Å². The number of pyridine rings is 1. The molecule has 0 unspecified atom stereocenters. The Morgan fingerprint density at radius 2 is 2.04 bits per heavy atom. The molecule has 4 rings (SSSR count). The number of aromatic nitrogens is 2. The fourth-order valence-corrected chi connectivity index (χ4v) is 3.47. The molecule has 3 N–H and O–H groups in total. The van der Waals surface area contributed by atoms with E-state index in [1.54, 1.807) is 0 Å². The summed E-state index contributed by atoms with van der Waals surface area (Å²) in [5.74, 6) is 0.475. The predicted octanol–water partition coefficient (Wildman–Crippen LogP) is 3.80. The lowest BCUT2D eigenvalue weighted by Gasteiger charge is -2.19. The van der Waals surface area contributed by atoms with Gasteiger partial charge in [-0.05, 0) is 55.0 Å². The summed E-state index contributed by atoms with van der Waals surface area (Å²) in [4.78, 5) is 9.05. The van der Waals surface area contributed by atoms with Crippen LogP contribution in [-0.4, -0.2) is 21.9 Å². The lowest BCUT2D eigenvalue weighted by atomic mass is 9.90. The Hall–Kier alpha value is -2.09. The van der Waals surface area contributed by atoms with Gasteiger partial charge in [-0.2, -0.15) is 0 Å². The molecule has 3 aromatic rings. The van der Waals surface area contributed by atoms with Crippen molar-refractivity contribution < 1.29 is 0 Å². The maximum absolute atomic E-state index is 6.09. The van der Waals surface area contributed by atoms with Crippen molar-refractivity contribution in [2.24, 2.45) is 10.7 Å². The standard InChI is InChI=1S/C20H23N5.HI/c21-20(24-18-9-5-7-15-6-1-2-8-17(15)18)22-12-11-16-14-25-13-4-3-10-19(25)23-16;/h3-5,7,9-10,13-14H,1-2,6,8,11-12H2,(H3,21,22,24);1H. The van der Waals surface area contributed by atoms with Crippen LogP contribution in [0.25, 0.3) is 5.65 Å². The van der Waals surface area contributed by atoms with Gasteiger partial charge in [-0.1, -0.05) is 18.2 Å². The van der Waals surface area contributed by atoms with Gasteiger partial charge in [-0.25, -0.2) is 4.98 Å². The van der Waals surface area contributed by atoms with Gasteiger partial charge in [-0.15, -0.1) is 24.0 Å². The molecule has 0 saturated carbocycles. The van der Waals surface area contributed by atoms with Crippen LogP contribution in [0.5, 0.6) is 0 Å². The molecule has 0 saturated heterocycles. The molecular weight excluding hydrogens is 437 g/mol. The second-order valence-corrected chi connectivity index (χ2v) is 6.49. The quantitative estimate of drug-likeness (QED) is 0.353. The average molecular weight is 461 g/mol. The van der Waals surface area contributed by atoms with Gasteiger partial charge in [0.25, 0.3) is 0 Å². The van der Waals surface area contributed by atoms with Crippen LogP contribution < -0.4 is 11.1 Å². The first-order chi connectivity index (χ1) is 12.3. The van der Waals surface area contributed by atoms with Crippen molar-refractivity contribution in [1.82, 2.24) is 9.38 Å². The van der Waals surface area contributed by atoms with E-state index < -0.39 is 0 Å². The Morgan fingerprint density at radius 1 is 1.15 bits per heavy atom. The maximum Gasteiger partial charge on any atom is 0.193 e. The van der Waals surface area contributed by atoms with Crippen LogP contribution in [0.15, 0.2) is 53.8 Å². The minimum Gasteiger partial charge on any atom is -0.370 e. The Balaban J connectivity index is 0.00000196. The smallest absolute Gasteiger partial charge is 0.193 e. The van der Waals surface area contributed by atoms with E-state index in [0.717, 1.165) is 36.3 Å². The number of anilines is 1. The third-order valence-electron chi connectivity index (χ3n) is 4.72. The average Bonchev–Trinajstić information content (AvgIpc) is 3.05. The number of fused-ring (bicyclic) bond motifs is 2. The summed E-state index contributed by atoms with van der Waals surface area (Å²) in [7, 11) is 0. The van der Waals surface area contributed by atoms with Gasteiger partial charge in [0, 0.05) is 31.0 Å². The summed E-state index contributed by atoms with van der Waals surface area (Å²) in [5.41, 5.74) is 12.0. The zero-order valence-corrected chi connectivity index (χ0v) is 17.0. The lowest BCUT2D eigenvalue weighted by molar-refractivity contribution is 0.687. The number of hydrogen-bond donors (Lipinski definition) is 2. The molecule has 1 aliphatic rings. The Morgan fingerprint density at radius 3 is 2.92 bits per heavy atom. The number of hydrogen-bond acceptors (Lipinski definition) is 2. The van der Waals surface area contributed by atoms with E-state index >= 15 is 0 Å². The predicted molar refractivity (Wildman–Crippen MR) is 118 cm³/mol. The van der Waals surface area contributed by atoms with Crippen LogP contribution in [0.2, 0.25) is 0 Å². The van der Waals surface area contributed by atoms with E-state index in [-0.39, 0.29) is 24.0 Å². The summed E-state index contributed by atoms with van der Waals surface area (Å²) in [5, 5.41) is 3.29. The van der Waals surface area contributed by atoms with Crippen LogP contribution in [0.1, 0.15) is 29.7 Å². The molecule has 2 heterocycles. The Labute approximate surface area is 170 Å². The number of halogens is 1. The van der Waals surface area contributed by atoms with Crippen LogP contribution in [0, 0.1) is 0 Å². The second-order valence-electron chi connectivity index (χ2n) is 6.49. The molecular formula is C20H24IN5. The molecule has 5 nitrogen and oxygen atoms in total. The van der Waals surface area contributed by atoms with Gasteiger partial charge < -0.3 is 15.5 Å². The monoisotopic (exact) mass is 461 g/mol. The molecule has 136 valence electrons. The second kappa shape index (κ2) is 8.53. The van der Waals surface area contributed by atoms with E-state index in [1.807, 2.05) is 35.0 Å². The zero-order chi connectivity index (χ0) is 17.1. The largest absolute Gasteiger partial charge is 0.370 e. The summed E-state index contributed by atoms with van der Waals surface area (Å²) in [6, 6.07) is 12.4. The molecule has 0 radical (unpaired) electrons. The number of nitrogens with two attached hydrogens (primary N) is 1. The van der Waals surface area contributed by atoms with E-state index in [1.165, 1.54) is 24.0 Å². The van der Waals surface area contributed by atoms with E-state index in [2.05, 4.69) is 33.5 Å². The fraction of sp³-hybridized carbons (Fsp3) is 0.300. The van der Waals surface area contributed by atoms with Crippen LogP contribution in [0.3, 0.4) is 0 Å². The van der Waals surface area contributed by atoms with E-state index in [9.17, 15) is 0 Å². The lowest BCUT2D eigenvalue weighted by Crippen LogP contribution is -2.24. The number of benzene rings is 1. The minimum atomic E-state index is 0. The summed E-state index contributed by atoms with van der Waals surface area (Å²) in [6.45, 7) is 0.623. The highest BCUT2D eigenvalue weighted by atomic mass is 127. The first-order valence-electron chi connectivity index (χ1n) is 8.90. The molecule has 0 aliphatic heterocycles. The van der Waals surface area contributed by atoms with Crippen molar-refractivity contribution in [3.63, 3.8) is 0 Å². The zero-order valence-electron chi connectivity index (χ0n) is 14.7. The first-order valence-corrected chi connectivity index (χ1v) is 8.90. The van der Waals surface area contributed by atoms with Crippen LogP contribution in [-0.2, 0) is 19.3 Å². The SMILES string of the molecule is I.NC(=NCCc1cn2ccccc2n1)Nc1cccc2c1CCCC2. The number of aliphatic imine (C=N–C) groups is 1. The molecule has 1 aliphatic carbocycles. The van der Waals surface area contributed by atoms with Crippen molar-refractivity contribution >= 4 is 41.3 Å². The van der Waals surface area contributed by atoms with Crippen molar-refractivity contribution in [3.05, 3.63) is 65.6 Å². The van der Waals surface area contributed by atoms with Crippen molar-refractivity contribution in [2.75, 3.05) is 11.9 Å². The molecule has 1 aromatic carbocycles. The number of imidazole rings is 1. The summed E-state index contributed by atoms with van der Waals surface area (Å²) in [6.07, 6.45) is 9.63. The Bertz CT molecular complexity index is 882. The number of rotatable bonds is 4. The van der Waals surface area contributed by atoms with Gasteiger partial charge in [0.2, 0.25) is 0 Å². The van der Waals surface area contributed by atoms with Gasteiger partial charge >= 0.3 is 0 Å². The highest BCUT2D eigenvalue weighted by Gasteiger charge is 2.13. The third-order valence-corrected chi connectivity index (χ3v) is 4.72. The van der Waals surface area contributed by atoms with E-state index in [4.69, 9.17) is 5.73 Å². The fourth-order valence-electron chi connectivity index (χ4n) is 3.47. The molecule has 6 heteroatoms. The molecule has 2 aromatic heterocycles. The maximum atomic E-state index is 6.09. The topological polar surface area (TPSA) is 67.7 Å². The van der Waals surface area contributed by atoms with E-state index in [0.29, 0.717) is 12.5 Å². The normalized spacial score (nSPS) is 13.9. The van der Waals surface area contributed by atoms with Gasteiger partial charge in [0.05, 0.1) is 5.69 Å². The van der Waals surface area contributed by atoms with Crippen molar-refractivity contribution in [3.8, 4) is 0 Å². The third kappa shape index (κ3) is 4.17. The van der Waals surface area contributed by atoms with Gasteiger partial charge in [-0.3, -0.25) is 4.99 Å². The molecule has 0 spiro atoms. The Kier molecular flexibility index (Phi) is 6.13. The van der Waals surface area contributed by atoms with Gasteiger partial charge in [0.1, 0.15) is 5.65 Å². The van der Waals surface area contributed by atoms with Gasteiger partial charge in [0.15, 0.2) is 5.96 Å². The van der Waals surface area contributed by atoms with Crippen LogP contribution >= 0.6 is 24.0 Å². The van der Waals surface area contributed by atoms with Crippen molar-refractivity contribution in [1.29, 1.82) is 0 Å². The molecule has 0 atom stereocenters. The molecule has 26 heavy (non-hydrogen) atoms. The number of guanidine groups is 1. The molecule has 0 bridgehead atoms. The summed E-state index contributed by atoms with van der Waals surface area (Å²) < 4.78 is 2.02.